The van der Waals surface area contributed by atoms with Crippen molar-refractivity contribution in [3.05, 3.63) is 83.4 Å². The third kappa shape index (κ3) is 3.32. The van der Waals surface area contributed by atoms with Gasteiger partial charge in [-0.15, -0.1) is 0 Å². The first kappa shape index (κ1) is 20.2. The smallest absolute Gasteiger partial charge is 0.325 e. The largest absolute Gasteiger partial charge is 0.339 e. The normalized spacial score (nSPS) is 20.8. The van der Waals surface area contributed by atoms with E-state index in [9.17, 15) is 14.4 Å². The molecule has 5 rings (SSSR count). The molecule has 0 aliphatic carbocycles. The Morgan fingerprint density at radius 3 is 2.38 bits per heavy atom. The Morgan fingerprint density at radius 1 is 0.938 bits per heavy atom. The van der Waals surface area contributed by atoms with Crippen molar-refractivity contribution in [2.24, 2.45) is 0 Å². The number of nitrogens with one attached hydrogen (secondary N) is 1. The summed E-state index contributed by atoms with van der Waals surface area (Å²) in [5.74, 6) is -0.247. The van der Waals surface area contributed by atoms with Gasteiger partial charge in [0, 0.05) is 18.7 Å². The number of amides is 4. The van der Waals surface area contributed by atoms with Crippen LogP contribution in [0.5, 0.6) is 0 Å². The lowest BCUT2D eigenvalue weighted by Crippen LogP contribution is -2.41. The van der Waals surface area contributed by atoms with Crippen molar-refractivity contribution < 1.29 is 14.4 Å². The van der Waals surface area contributed by atoms with E-state index in [2.05, 4.69) is 5.32 Å². The molecule has 1 unspecified atom stereocenters. The molecule has 4 amide bonds. The SMILES string of the molecule is CC1(c2cccc3ccccc23)NC(=O)N(Cc2ccc(C(=O)N3CCCC3)cc2)C1=O. The maximum atomic E-state index is 13.4. The van der Waals surface area contributed by atoms with Crippen LogP contribution in [0.1, 0.15) is 41.3 Å². The summed E-state index contributed by atoms with van der Waals surface area (Å²) < 4.78 is 0. The summed E-state index contributed by atoms with van der Waals surface area (Å²) in [6.45, 7) is 3.52. The highest BCUT2D eigenvalue weighted by Crippen LogP contribution is 2.34. The molecule has 3 aromatic carbocycles. The minimum Gasteiger partial charge on any atom is -0.339 e. The number of imide groups is 1. The highest BCUT2D eigenvalue weighted by molar-refractivity contribution is 6.09. The Morgan fingerprint density at radius 2 is 1.62 bits per heavy atom. The summed E-state index contributed by atoms with van der Waals surface area (Å²) in [6, 6.07) is 20.4. The van der Waals surface area contributed by atoms with Crippen molar-refractivity contribution in [1.82, 2.24) is 15.1 Å². The zero-order valence-electron chi connectivity index (χ0n) is 18.0. The highest BCUT2D eigenvalue weighted by atomic mass is 16.2. The van der Waals surface area contributed by atoms with E-state index >= 15 is 0 Å². The lowest BCUT2D eigenvalue weighted by atomic mass is 9.88. The molecule has 2 aliphatic rings. The van der Waals surface area contributed by atoms with E-state index in [1.165, 1.54) is 4.90 Å². The Bertz CT molecular complexity index is 1210. The van der Waals surface area contributed by atoms with Crippen LogP contribution in [0.25, 0.3) is 10.8 Å². The molecule has 1 atom stereocenters. The topological polar surface area (TPSA) is 69.7 Å². The first-order valence-corrected chi connectivity index (χ1v) is 11.0. The molecule has 162 valence electrons. The second-order valence-corrected chi connectivity index (χ2v) is 8.67. The minimum atomic E-state index is -1.14. The molecule has 6 heteroatoms. The van der Waals surface area contributed by atoms with Gasteiger partial charge in [-0.1, -0.05) is 54.6 Å². The van der Waals surface area contributed by atoms with E-state index < -0.39 is 11.6 Å². The molecule has 0 bridgehead atoms. The molecule has 6 nitrogen and oxygen atoms in total. The number of urea groups is 1. The predicted octanol–water partition coefficient (Wildman–Crippen LogP) is 4.04. The summed E-state index contributed by atoms with van der Waals surface area (Å²) in [5, 5.41) is 4.86. The van der Waals surface area contributed by atoms with Crippen molar-refractivity contribution in [1.29, 1.82) is 0 Å². The van der Waals surface area contributed by atoms with Crippen molar-refractivity contribution >= 4 is 28.6 Å². The number of carbonyl (C=O) groups excluding carboxylic acids is 3. The fourth-order valence-corrected chi connectivity index (χ4v) is 4.72. The first-order chi connectivity index (χ1) is 15.5. The van der Waals surface area contributed by atoms with E-state index in [-0.39, 0.29) is 18.4 Å². The van der Waals surface area contributed by atoms with Crippen molar-refractivity contribution in [3.8, 4) is 0 Å². The van der Waals surface area contributed by atoms with Gasteiger partial charge in [0.15, 0.2) is 0 Å². The predicted molar refractivity (Wildman–Crippen MR) is 122 cm³/mol. The molecular formula is C26H25N3O3. The van der Waals surface area contributed by atoms with Gasteiger partial charge in [0.2, 0.25) is 0 Å². The van der Waals surface area contributed by atoms with E-state index in [1.54, 1.807) is 19.1 Å². The average molecular weight is 428 g/mol. The monoisotopic (exact) mass is 427 g/mol. The fraction of sp³-hybridized carbons (Fsp3) is 0.269. The molecule has 32 heavy (non-hydrogen) atoms. The molecule has 1 N–H and O–H groups in total. The second-order valence-electron chi connectivity index (χ2n) is 8.67. The van der Waals surface area contributed by atoms with Crippen LogP contribution in [0.2, 0.25) is 0 Å². The first-order valence-electron chi connectivity index (χ1n) is 11.0. The standard InChI is InChI=1S/C26H25N3O3/c1-26(22-10-6-8-19-7-2-3-9-21(19)22)24(31)29(25(32)27-26)17-18-11-13-20(14-12-18)23(30)28-15-4-5-16-28/h2-3,6-14H,4-5,15-17H2,1H3,(H,27,32). The van der Waals surface area contributed by atoms with Crippen molar-refractivity contribution in [2.45, 2.75) is 31.8 Å². The summed E-state index contributed by atoms with van der Waals surface area (Å²) in [5.41, 5.74) is 1.08. The Labute approximate surface area is 186 Å². The molecule has 2 aliphatic heterocycles. The summed E-state index contributed by atoms with van der Waals surface area (Å²) in [6.07, 6.45) is 2.09. The third-order valence-electron chi connectivity index (χ3n) is 6.54. The summed E-state index contributed by atoms with van der Waals surface area (Å²) in [7, 11) is 0. The van der Waals surface area contributed by atoms with Gasteiger partial charge in [-0.3, -0.25) is 14.5 Å². The van der Waals surface area contributed by atoms with Gasteiger partial charge in [-0.2, -0.15) is 0 Å². The van der Waals surface area contributed by atoms with E-state index in [4.69, 9.17) is 0 Å². The number of likely N-dealkylation sites (tertiary alicyclic amines) is 1. The molecule has 0 radical (unpaired) electrons. The summed E-state index contributed by atoms with van der Waals surface area (Å²) >= 11 is 0. The van der Waals surface area contributed by atoms with Gasteiger partial charge >= 0.3 is 6.03 Å². The van der Waals surface area contributed by atoms with Crippen molar-refractivity contribution in [3.63, 3.8) is 0 Å². The average Bonchev–Trinajstić information content (AvgIpc) is 3.43. The van der Waals surface area contributed by atoms with Crippen LogP contribution in [-0.2, 0) is 16.9 Å². The van der Waals surface area contributed by atoms with Gasteiger partial charge in [-0.25, -0.2) is 4.79 Å². The molecule has 0 aromatic heterocycles. The van der Waals surface area contributed by atoms with Crippen LogP contribution in [0.4, 0.5) is 4.79 Å². The molecular weight excluding hydrogens is 402 g/mol. The van der Waals surface area contributed by atoms with Crippen LogP contribution < -0.4 is 5.32 Å². The molecule has 0 saturated carbocycles. The summed E-state index contributed by atoms with van der Waals surface area (Å²) in [4.78, 5) is 41.9. The van der Waals surface area contributed by atoms with Crippen LogP contribution in [0.15, 0.2) is 66.7 Å². The van der Waals surface area contributed by atoms with Crippen LogP contribution in [0, 0.1) is 0 Å². The Hall–Kier alpha value is -3.67. The van der Waals surface area contributed by atoms with Gasteiger partial charge in [0.25, 0.3) is 11.8 Å². The van der Waals surface area contributed by atoms with E-state index in [1.807, 2.05) is 59.5 Å². The maximum absolute atomic E-state index is 13.4. The molecule has 0 spiro atoms. The number of rotatable bonds is 4. The third-order valence-corrected chi connectivity index (χ3v) is 6.54. The number of benzene rings is 3. The van der Waals surface area contributed by atoms with Crippen molar-refractivity contribution in [2.75, 3.05) is 13.1 Å². The molecule has 3 aromatic rings. The maximum Gasteiger partial charge on any atom is 0.325 e. The lowest BCUT2D eigenvalue weighted by Gasteiger charge is -2.24. The number of carbonyl (C=O) groups is 3. The quantitative estimate of drug-likeness (QED) is 0.639. The number of nitrogens with zero attached hydrogens (tertiary/aromatic N) is 2. The van der Waals surface area contributed by atoms with E-state index in [0.717, 1.165) is 47.8 Å². The minimum absolute atomic E-state index is 0.0348. The van der Waals surface area contributed by atoms with Crippen LogP contribution in [-0.4, -0.2) is 40.7 Å². The second kappa shape index (κ2) is 7.79. The zero-order chi connectivity index (χ0) is 22.3. The molecule has 2 saturated heterocycles. The van der Waals surface area contributed by atoms with Gasteiger partial charge in [0.1, 0.15) is 5.54 Å². The van der Waals surface area contributed by atoms with Gasteiger partial charge in [0.05, 0.1) is 6.54 Å². The molecule has 2 fully saturated rings. The fourth-order valence-electron chi connectivity index (χ4n) is 4.72. The van der Waals surface area contributed by atoms with Gasteiger partial charge < -0.3 is 10.2 Å². The number of hydrogen-bond acceptors (Lipinski definition) is 3. The number of hydrogen-bond donors (Lipinski definition) is 1. The Kier molecular flexibility index (Phi) is 4.93. The molecule has 2 heterocycles. The number of fused-ring (bicyclic) bond motifs is 1. The lowest BCUT2D eigenvalue weighted by molar-refractivity contribution is -0.131. The van der Waals surface area contributed by atoms with E-state index in [0.29, 0.717) is 5.56 Å². The highest BCUT2D eigenvalue weighted by Gasteiger charge is 2.49. The zero-order valence-corrected chi connectivity index (χ0v) is 18.0. The van der Waals surface area contributed by atoms with Crippen LogP contribution >= 0.6 is 0 Å². The Balaban J connectivity index is 1.38. The van der Waals surface area contributed by atoms with Gasteiger partial charge in [-0.05, 0) is 53.8 Å². The van der Waals surface area contributed by atoms with Crippen LogP contribution in [0.3, 0.4) is 0 Å².